The Kier molecular flexibility index (Phi) is 7.15. The normalized spacial score (nSPS) is 16.5. The standard InChI is InChI=1S/C12H22N2O3S/c1-16-9-6-14(5-2-11(13)18)12(15)10-3-7-17-8-4-10/h10H,2-9H2,1H3,(H2,13,18). The van der Waals surface area contributed by atoms with Crippen LogP contribution in [0.15, 0.2) is 0 Å². The molecule has 0 unspecified atom stereocenters. The predicted molar refractivity (Wildman–Crippen MR) is 73.4 cm³/mol. The molecular formula is C12H22N2O3S. The van der Waals surface area contributed by atoms with Gasteiger partial charge in [-0.2, -0.15) is 0 Å². The van der Waals surface area contributed by atoms with Gasteiger partial charge in [-0.1, -0.05) is 12.2 Å². The van der Waals surface area contributed by atoms with E-state index in [2.05, 4.69) is 0 Å². The highest BCUT2D eigenvalue weighted by Crippen LogP contribution is 2.17. The van der Waals surface area contributed by atoms with Gasteiger partial charge in [0.2, 0.25) is 5.91 Å². The molecule has 0 saturated carbocycles. The summed E-state index contributed by atoms with van der Waals surface area (Å²) in [6, 6.07) is 0. The van der Waals surface area contributed by atoms with Crippen molar-refractivity contribution >= 4 is 23.1 Å². The molecule has 1 aliphatic rings. The van der Waals surface area contributed by atoms with Gasteiger partial charge in [0, 0.05) is 45.8 Å². The van der Waals surface area contributed by atoms with Crippen molar-refractivity contribution in [2.45, 2.75) is 19.3 Å². The number of nitrogens with two attached hydrogens (primary N) is 1. The van der Waals surface area contributed by atoms with E-state index in [1.807, 2.05) is 0 Å². The fourth-order valence-corrected chi connectivity index (χ4v) is 2.07. The van der Waals surface area contributed by atoms with E-state index in [0.29, 0.717) is 44.3 Å². The van der Waals surface area contributed by atoms with Crippen molar-refractivity contribution in [1.82, 2.24) is 4.90 Å². The molecule has 1 aliphatic heterocycles. The zero-order chi connectivity index (χ0) is 13.4. The Bertz CT molecular complexity index is 280. The van der Waals surface area contributed by atoms with Crippen molar-refractivity contribution in [2.75, 3.05) is 40.0 Å². The zero-order valence-electron chi connectivity index (χ0n) is 10.9. The van der Waals surface area contributed by atoms with Crippen LogP contribution in [0.25, 0.3) is 0 Å². The first-order chi connectivity index (χ1) is 8.65. The summed E-state index contributed by atoms with van der Waals surface area (Å²) < 4.78 is 10.3. The molecule has 0 atom stereocenters. The Morgan fingerprint density at radius 2 is 2.11 bits per heavy atom. The molecule has 2 N–H and O–H groups in total. The molecule has 5 nitrogen and oxygen atoms in total. The minimum Gasteiger partial charge on any atom is -0.393 e. The topological polar surface area (TPSA) is 64.8 Å². The van der Waals surface area contributed by atoms with E-state index in [4.69, 9.17) is 27.4 Å². The first kappa shape index (κ1) is 15.3. The largest absolute Gasteiger partial charge is 0.393 e. The Morgan fingerprint density at radius 3 is 2.67 bits per heavy atom. The number of carbonyl (C=O) groups is 1. The second-order valence-electron chi connectivity index (χ2n) is 4.42. The number of thiocarbonyl (C=S) groups is 1. The fraction of sp³-hybridized carbons (Fsp3) is 0.833. The van der Waals surface area contributed by atoms with Gasteiger partial charge in [0.15, 0.2) is 0 Å². The number of hydrogen-bond acceptors (Lipinski definition) is 4. The number of hydrogen-bond donors (Lipinski definition) is 1. The van der Waals surface area contributed by atoms with E-state index < -0.39 is 0 Å². The van der Waals surface area contributed by atoms with Crippen LogP contribution in [0.4, 0.5) is 0 Å². The molecule has 0 aromatic carbocycles. The van der Waals surface area contributed by atoms with Gasteiger partial charge in [0.05, 0.1) is 11.6 Å². The van der Waals surface area contributed by atoms with Gasteiger partial charge < -0.3 is 20.1 Å². The minimum atomic E-state index is 0.0713. The van der Waals surface area contributed by atoms with Crippen LogP contribution in [0.5, 0.6) is 0 Å². The average Bonchev–Trinajstić information content (AvgIpc) is 2.39. The molecule has 0 aliphatic carbocycles. The van der Waals surface area contributed by atoms with Gasteiger partial charge in [0.1, 0.15) is 0 Å². The highest BCUT2D eigenvalue weighted by atomic mass is 32.1. The number of rotatable bonds is 7. The molecule has 104 valence electrons. The van der Waals surface area contributed by atoms with E-state index in [1.54, 1.807) is 12.0 Å². The lowest BCUT2D eigenvalue weighted by Gasteiger charge is -2.29. The van der Waals surface area contributed by atoms with E-state index >= 15 is 0 Å². The lowest BCUT2D eigenvalue weighted by Crippen LogP contribution is -2.41. The van der Waals surface area contributed by atoms with Crippen molar-refractivity contribution in [1.29, 1.82) is 0 Å². The third-order valence-corrected chi connectivity index (χ3v) is 3.28. The third-order valence-electron chi connectivity index (χ3n) is 3.08. The smallest absolute Gasteiger partial charge is 0.225 e. The maximum atomic E-state index is 12.3. The fourth-order valence-electron chi connectivity index (χ4n) is 1.98. The van der Waals surface area contributed by atoms with Gasteiger partial charge in [-0.25, -0.2) is 0 Å². The van der Waals surface area contributed by atoms with Gasteiger partial charge in [0.25, 0.3) is 0 Å². The van der Waals surface area contributed by atoms with Gasteiger partial charge in [-0.3, -0.25) is 4.79 Å². The third kappa shape index (κ3) is 5.29. The highest BCUT2D eigenvalue weighted by molar-refractivity contribution is 7.80. The van der Waals surface area contributed by atoms with Crippen molar-refractivity contribution in [2.24, 2.45) is 11.7 Å². The van der Waals surface area contributed by atoms with Crippen LogP contribution in [0.2, 0.25) is 0 Å². The van der Waals surface area contributed by atoms with Gasteiger partial charge in [-0.15, -0.1) is 0 Å². The van der Waals surface area contributed by atoms with E-state index in [0.717, 1.165) is 12.8 Å². The number of ether oxygens (including phenoxy) is 2. The average molecular weight is 274 g/mol. The molecule has 0 aromatic heterocycles. The van der Waals surface area contributed by atoms with Crippen LogP contribution in [0.3, 0.4) is 0 Å². The molecule has 0 radical (unpaired) electrons. The molecule has 1 saturated heterocycles. The maximum Gasteiger partial charge on any atom is 0.225 e. The second-order valence-corrected chi connectivity index (χ2v) is 4.95. The lowest BCUT2D eigenvalue weighted by atomic mass is 9.98. The minimum absolute atomic E-state index is 0.0713. The van der Waals surface area contributed by atoms with E-state index in [-0.39, 0.29) is 11.8 Å². The van der Waals surface area contributed by atoms with Crippen LogP contribution in [-0.2, 0) is 14.3 Å². The first-order valence-electron chi connectivity index (χ1n) is 6.29. The Balaban J connectivity index is 2.50. The summed E-state index contributed by atoms with van der Waals surface area (Å²) in [5.41, 5.74) is 5.49. The van der Waals surface area contributed by atoms with Crippen molar-refractivity contribution < 1.29 is 14.3 Å². The second kappa shape index (κ2) is 8.39. The number of nitrogens with zero attached hydrogens (tertiary/aromatic N) is 1. The first-order valence-corrected chi connectivity index (χ1v) is 6.69. The molecule has 1 amide bonds. The number of carbonyl (C=O) groups excluding carboxylic acids is 1. The van der Waals surface area contributed by atoms with Crippen LogP contribution < -0.4 is 5.73 Å². The predicted octanol–water partition coefficient (Wildman–Crippen LogP) is 0.564. The SMILES string of the molecule is COCCN(CCC(N)=S)C(=O)C1CCOCC1. The van der Waals surface area contributed by atoms with Crippen LogP contribution in [0, 0.1) is 5.92 Å². The molecular weight excluding hydrogens is 252 g/mol. The number of amides is 1. The van der Waals surface area contributed by atoms with Crippen molar-refractivity contribution in [3.8, 4) is 0 Å². The van der Waals surface area contributed by atoms with Crippen LogP contribution in [-0.4, -0.2) is 55.8 Å². The summed E-state index contributed by atoms with van der Waals surface area (Å²) in [6.07, 6.45) is 2.17. The van der Waals surface area contributed by atoms with E-state index in [1.165, 1.54) is 0 Å². The molecule has 18 heavy (non-hydrogen) atoms. The maximum absolute atomic E-state index is 12.3. The summed E-state index contributed by atoms with van der Waals surface area (Å²) in [7, 11) is 1.63. The molecule has 0 aromatic rings. The Morgan fingerprint density at radius 1 is 1.44 bits per heavy atom. The quantitative estimate of drug-likeness (QED) is 0.687. The Hall–Kier alpha value is -0.720. The van der Waals surface area contributed by atoms with E-state index in [9.17, 15) is 4.79 Å². The molecule has 1 heterocycles. The van der Waals surface area contributed by atoms with Gasteiger partial charge in [-0.05, 0) is 12.8 Å². The van der Waals surface area contributed by atoms with Gasteiger partial charge >= 0.3 is 0 Å². The Labute approximate surface area is 114 Å². The highest BCUT2D eigenvalue weighted by Gasteiger charge is 2.26. The van der Waals surface area contributed by atoms with Crippen molar-refractivity contribution in [3.05, 3.63) is 0 Å². The molecule has 0 spiro atoms. The molecule has 0 bridgehead atoms. The zero-order valence-corrected chi connectivity index (χ0v) is 11.7. The molecule has 6 heteroatoms. The van der Waals surface area contributed by atoms with Crippen LogP contribution in [0.1, 0.15) is 19.3 Å². The molecule has 1 rings (SSSR count). The monoisotopic (exact) mass is 274 g/mol. The summed E-state index contributed by atoms with van der Waals surface area (Å²) in [4.78, 5) is 14.6. The lowest BCUT2D eigenvalue weighted by molar-refractivity contribution is -0.139. The number of methoxy groups -OCH3 is 1. The summed E-state index contributed by atoms with van der Waals surface area (Å²) >= 11 is 4.86. The summed E-state index contributed by atoms with van der Waals surface area (Å²) in [5, 5.41) is 0. The van der Waals surface area contributed by atoms with Crippen LogP contribution >= 0.6 is 12.2 Å². The van der Waals surface area contributed by atoms with Crippen molar-refractivity contribution in [3.63, 3.8) is 0 Å². The summed E-state index contributed by atoms with van der Waals surface area (Å²) in [5.74, 6) is 0.244. The molecule has 1 fully saturated rings. The summed E-state index contributed by atoms with van der Waals surface area (Å²) in [6.45, 7) is 3.05.